The third-order valence-corrected chi connectivity index (χ3v) is 8.43. The first kappa shape index (κ1) is 26.4. The molecule has 0 spiro atoms. The van der Waals surface area contributed by atoms with E-state index in [1.807, 2.05) is 6.07 Å². The Kier molecular flexibility index (Phi) is 7.31. The highest BCUT2D eigenvalue weighted by molar-refractivity contribution is 7.85. The lowest BCUT2D eigenvalue weighted by Crippen LogP contribution is -2.28. The Bertz CT molecular complexity index is 1330. The highest BCUT2D eigenvalue weighted by Gasteiger charge is 2.44. The molecule has 0 saturated carbocycles. The van der Waals surface area contributed by atoms with Crippen LogP contribution in [-0.2, 0) is 20.9 Å². The van der Waals surface area contributed by atoms with Crippen LogP contribution in [0.15, 0.2) is 72.5 Å². The van der Waals surface area contributed by atoms with Gasteiger partial charge in [-0.1, -0.05) is 69.7 Å². The van der Waals surface area contributed by atoms with E-state index < -0.39 is 10.1 Å². The Labute approximate surface area is 216 Å². The molecule has 0 fully saturated rings. The number of nitrogens with zero attached hydrogens (tertiary/aromatic N) is 2. The maximum absolute atomic E-state index is 11.3. The van der Waals surface area contributed by atoms with Gasteiger partial charge in [-0.25, -0.2) is 0 Å². The predicted molar refractivity (Wildman–Crippen MR) is 149 cm³/mol. The predicted octanol–water partition coefficient (Wildman–Crippen LogP) is 6.38. The second-order valence-corrected chi connectivity index (χ2v) is 12.4. The third-order valence-electron chi connectivity index (χ3n) is 7.63. The molecular weight excluding hydrogens is 468 g/mol. The Balaban J connectivity index is 1.72. The first-order chi connectivity index (χ1) is 17.0. The van der Waals surface area contributed by atoms with Crippen LogP contribution < -0.4 is 4.90 Å². The molecule has 0 atom stereocenters. The van der Waals surface area contributed by atoms with Gasteiger partial charge in [0.05, 0.1) is 11.2 Å². The monoisotopic (exact) mass is 507 g/mol. The van der Waals surface area contributed by atoms with Crippen LogP contribution in [0, 0.1) is 0 Å². The Morgan fingerprint density at radius 3 is 2.31 bits per heavy atom. The number of fused-ring (bicyclic) bond motifs is 2. The molecule has 0 amide bonds. The summed E-state index contributed by atoms with van der Waals surface area (Å²) in [6.45, 7) is 12.8. The van der Waals surface area contributed by atoms with E-state index in [-0.39, 0.29) is 16.6 Å². The average Bonchev–Trinajstić information content (AvgIpc) is 3.17. The molecule has 2 aliphatic rings. The molecule has 192 valence electrons. The standard InChI is InChI=1S/C30H38N2O3S/c1-6-7-20-31-25-16-10-8-14-23(25)29(2,3)27(31)18-12-19-28-30(4,5)24-15-9-11-17-26(24)32(28)21-13-22-36(33,34)35/h8-12,14-19H,6-7,13,20-22H2,1-5H3/p+1. The first-order valence-corrected chi connectivity index (χ1v) is 14.5. The summed E-state index contributed by atoms with van der Waals surface area (Å²) in [5.74, 6) is -0.244. The molecule has 36 heavy (non-hydrogen) atoms. The van der Waals surface area contributed by atoms with Crippen molar-refractivity contribution in [3.8, 4) is 0 Å². The van der Waals surface area contributed by atoms with Gasteiger partial charge in [0.2, 0.25) is 5.69 Å². The highest BCUT2D eigenvalue weighted by Crippen LogP contribution is 2.47. The van der Waals surface area contributed by atoms with Crippen molar-refractivity contribution in [1.29, 1.82) is 0 Å². The molecular formula is C30H39N2O3S+. The van der Waals surface area contributed by atoms with E-state index in [1.165, 1.54) is 22.5 Å². The fourth-order valence-corrected chi connectivity index (χ4v) is 6.21. The molecule has 5 nitrogen and oxygen atoms in total. The van der Waals surface area contributed by atoms with E-state index in [0.29, 0.717) is 13.0 Å². The van der Waals surface area contributed by atoms with Crippen molar-refractivity contribution in [2.24, 2.45) is 0 Å². The maximum atomic E-state index is 11.3. The molecule has 2 aliphatic heterocycles. The minimum Gasteiger partial charge on any atom is -0.344 e. The fourth-order valence-electron chi connectivity index (χ4n) is 5.72. The van der Waals surface area contributed by atoms with Gasteiger partial charge in [0.25, 0.3) is 10.1 Å². The molecule has 4 rings (SSSR count). The van der Waals surface area contributed by atoms with Crippen molar-refractivity contribution in [1.82, 2.24) is 0 Å². The van der Waals surface area contributed by atoms with Gasteiger partial charge in [-0.2, -0.15) is 13.0 Å². The van der Waals surface area contributed by atoms with Gasteiger partial charge >= 0.3 is 0 Å². The van der Waals surface area contributed by atoms with Crippen molar-refractivity contribution in [2.45, 2.75) is 64.7 Å². The number of anilines is 1. The van der Waals surface area contributed by atoms with Crippen LogP contribution in [0.25, 0.3) is 0 Å². The van der Waals surface area contributed by atoms with E-state index in [0.717, 1.165) is 30.8 Å². The van der Waals surface area contributed by atoms with E-state index >= 15 is 0 Å². The van der Waals surface area contributed by atoms with E-state index in [1.54, 1.807) is 0 Å². The van der Waals surface area contributed by atoms with Crippen molar-refractivity contribution >= 4 is 27.2 Å². The molecule has 2 aromatic rings. The van der Waals surface area contributed by atoms with Gasteiger partial charge in [-0.15, -0.1) is 0 Å². The van der Waals surface area contributed by atoms with Crippen molar-refractivity contribution in [3.63, 3.8) is 0 Å². The molecule has 0 radical (unpaired) electrons. The zero-order chi connectivity index (χ0) is 26.1. The fraction of sp³-hybridized carbons (Fsp3) is 0.433. The lowest BCUT2D eigenvalue weighted by Gasteiger charge is -2.27. The second kappa shape index (κ2) is 9.98. The Hall–Kier alpha value is -2.70. The summed E-state index contributed by atoms with van der Waals surface area (Å²) in [5, 5.41) is 0. The van der Waals surface area contributed by atoms with Gasteiger partial charge in [0, 0.05) is 47.5 Å². The summed E-state index contributed by atoms with van der Waals surface area (Å²) in [5.41, 5.74) is 7.08. The van der Waals surface area contributed by atoms with Crippen LogP contribution in [0.2, 0.25) is 0 Å². The third kappa shape index (κ3) is 4.94. The van der Waals surface area contributed by atoms with Gasteiger partial charge in [0.15, 0.2) is 5.71 Å². The number of unbranched alkanes of at least 4 members (excludes halogenated alkanes) is 1. The van der Waals surface area contributed by atoms with Crippen LogP contribution in [-0.4, -0.2) is 42.1 Å². The van der Waals surface area contributed by atoms with Crippen LogP contribution >= 0.6 is 0 Å². The zero-order valence-corrected chi connectivity index (χ0v) is 23.0. The number of benzene rings is 2. The van der Waals surface area contributed by atoms with Crippen LogP contribution in [0.3, 0.4) is 0 Å². The van der Waals surface area contributed by atoms with Gasteiger partial charge in [-0.05, 0) is 38.0 Å². The normalized spacial score (nSPS) is 19.4. The van der Waals surface area contributed by atoms with Gasteiger partial charge in [-0.3, -0.25) is 4.55 Å². The zero-order valence-electron chi connectivity index (χ0n) is 22.2. The Morgan fingerprint density at radius 1 is 0.944 bits per heavy atom. The largest absolute Gasteiger partial charge is 0.344 e. The number of hydrogen-bond donors (Lipinski definition) is 1. The van der Waals surface area contributed by atoms with Crippen molar-refractivity contribution in [3.05, 3.63) is 83.6 Å². The number of allylic oxidation sites excluding steroid dienone is 4. The molecule has 1 N–H and O–H groups in total. The minimum absolute atomic E-state index is 0.0946. The molecule has 0 bridgehead atoms. The summed E-state index contributed by atoms with van der Waals surface area (Å²) < 4.78 is 34.1. The molecule has 2 aromatic carbocycles. The molecule has 0 saturated heterocycles. The smallest absolute Gasteiger partial charge is 0.265 e. The topological polar surface area (TPSA) is 60.6 Å². The summed E-state index contributed by atoms with van der Waals surface area (Å²) in [6, 6.07) is 17.0. The van der Waals surface area contributed by atoms with Crippen molar-refractivity contribution < 1.29 is 17.5 Å². The van der Waals surface area contributed by atoms with Crippen LogP contribution in [0.5, 0.6) is 0 Å². The van der Waals surface area contributed by atoms with Crippen LogP contribution in [0.4, 0.5) is 11.4 Å². The van der Waals surface area contributed by atoms with E-state index in [9.17, 15) is 13.0 Å². The lowest BCUT2D eigenvalue weighted by atomic mass is 9.81. The summed E-state index contributed by atoms with van der Waals surface area (Å²) in [7, 11) is -3.99. The summed E-state index contributed by atoms with van der Waals surface area (Å²) >= 11 is 0. The SMILES string of the molecule is CCCCN1C(=CC=CC2=[N+](CCCS(=O)(=O)O)c3ccccc3C2(C)C)C(C)(C)c2ccccc21. The van der Waals surface area contributed by atoms with Gasteiger partial charge in [0.1, 0.15) is 6.54 Å². The molecule has 6 heteroatoms. The van der Waals surface area contributed by atoms with E-state index in [2.05, 4.69) is 105 Å². The Morgan fingerprint density at radius 2 is 1.61 bits per heavy atom. The highest BCUT2D eigenvalue weighted by atomic mass is 32.2. The van der Waals surface area contributed by atoms with Crippen molar-refractivity contribution in [2.75, 3.05) is 23.7 Å². The second-order valence-electron chi connectivity index (χ2n) is 10.9. The summed E-state index contributed by atoms with van der Waals surface area (Å²) in [6.07, 6.45) is 9.21. The molecule has 0 aromatic heterocycles. The summed E-state index contributed by atoms with van der Waals surface area (Å²) in [4.78, 5) is 2.46. The number of hydrogen-bond acceptors (Lipinski definition) is 3. The number of para-hydroxylation sites is 2. The number of rotatable bonds is 9. The lowest BCUT2D eigenvalue weighted by molar-refractivity contribution is -0.437. The molecule has 2 heterocycles. The van der Waals surface area contributed by atoms with Crippen LogP contribution in [0.1, 0.15) is 65.0 Å². The van der Waals surface area contributed by atoms with E-state index in [4.69, 9.17) is 0 Å². The molecule has 0 unspecified atom stereocenters. The molecule has 0 aliphatic carbocycles. The maximum Gasteiger partial charge on any atom is 0.265 e. The average molecular weight is 508 g/mol. The minimum atomic E-state index is -3.99. The first-order valence-electron chi connectivity index (χ1n) is 12.9. The quantitative estimate of drug-likeness (QED) is 0.316. The van der Waals surface area contributed by atoms with Gasteiger partial charge < -0.3 is 4.90 Å².